The zero-order valence-electron chi connectivity index (χ0n) is 17.1. The van der Waals surface area contributed by atoms with Crippen LogP contribution in [0.1, 0.15) is 17.5 Å². The Balaban J connectivity index is 1.76. The first-order valence-electron chi connectivity index (χ1n) is 9.33. The fourth-order valence-electron chi connectivity index (χ4n) is 3.02. The van der Waals surface area contributed by atoms with Crippen molar-refractivity contribution >= 4 is 23.4 Å². The second-order valence-electron chi connectivity index (χ2n) is 6.66. The van der Waals surface area contributed by atoms with Crippen LogP contribution in [0.2, 0.25) is 0 Å². The lowest BCUT2D eigenvalue weighted by atomic mass is 10.1. The highest BCUT2D eigenvalue weighted by atomic mass is 32.2. The van der Waals surface area contributed by atoms with Crippen LogP contribution < -0.4 is 9.64 Å². The molecule has 0 N–H and O–H groups in total. The van der Waals surface area contributed by atoms with Gasteiger partial charge in [0.1, 0.15) is 5.75 Å². The molecule has 0 fully saturated rings. The summed E-state index contributed by atoms with van der Waals surface area (Å²) in [5.41, 5.74) is 3.70. The van der Waals surface area contributed by atoms with Gasteiger partial charge in [-0.05, 0) is 71.8 Å². The van der Waals surface area contributed by atoms with Crippen LogP contribution in [-0.2, 0) is 4.79 Å². The molecule has 0 saturated carbocycles. The number of hydrogen-bond donors (Lipinski definition) is 0. The lowest BCUT2D eigenvalue weighted by Gasteiger charge is -2.22. The Morgan fingerprint density at radius 2 is 1.90 bits per heavy atom. The molecule has 2 aromatic carbocycles. The number of methoxy groups -OCH3 is 1. The average molecular weight is 423 g/mol. The van der Waals surface area contributed by atoms with Crippen LogP contribution >= 0.6 is 11.8 Å². The molecule has 0 aliphatic heterocycles. The number of rotatable bonds is 8. The molecule has 8 nitrogen and oxygen atoms in total. The molecular formula is C21H22N6O2S. The molecule has 1 heterocycles. The summed E-state index contributed by atoms with van der Waals surface area (Å²) in [6.07, 6.45) is 0.257. The zero-order chi connectivity index (χ0) is 21.5. The third kappa shape index (κ3) is 5.15. The van der Waals surface area contributed by atoms with Gasteiger partial charge in [0.25, 0.3) is 0 Å². The van der Waals surface area contributed by atoms with Crippen LogP contribution in [0.15, 0.2) is 47.6 Å². The van der Waals surface area contributed by atoms with E-state index in [-0.39, 0.29) is 18.1 Å². The Morgan fingerprint density at radius 3 is 2.53 bits per heavy atom. The molecule has 1 aromatic heterocycles. The zero-order valence-corrected chi connectivity index (χ0v) is 17.9. The fourth-order valence-corrected chi connectivity index (χ4v) is 3.79. The van der Waals surface area contributed by atoms with E-state index in [0.717, 1.165) is 28.3 Å². The summed E-state index contributed by atoms with van der Waals surface area (Å²) in [5, 5.41) is 21.3. The number of aromatic nitrogens is 4. The van der Waals surface area contributed by atoms with Crippen LogP contribution in [0.25, 0.3) is 5.69 Å². The number of anilines is 1. The predicted molar refractivity (Wildman–Crippen MR) is 115 cm³/mol. The van der Waals surface area contributed by atoms with E-state index < -0.39 is 0 Å². The Kier molecular flexibility index (Phi) is 7.03. The first kappa shape index (κ1) is 21.3. The van der Waals surface area contributed by atoms with E-state index >= 15 is 0 Å². The second kappa shape index (κ2) is 9.89. The minimum atomic E-state index is -0.107. The van der Waals surface area contributed by atoms with Crippen molar-refractivity contribution in [3.05, 3.63) is 53.6 Å². The Morgan fingerprint density at radius 1 is 1.20 bits per heavy atom. The summed E-state index contributed by atoms with van der Waals surface area (Å²) < 4.78 is 6.75. The van der Waals surface area contributed by atoms with Gasteiger partial charge in [-0.3, -0.25) is 4.79 Å². The van der Waals surface area contributed by atoms with Crippen molar-refractivity contribution in [3.63, 3.8) is 0 Å². The van der Waals surface area contributed by atoms with Gasteiger partial charge < -0.3 is 9.64 Å². The fraction of sp³-hybridized carbons (Fsp3) is 0.286. The van der Waals surface area contributed by atoms with Gasteiger partial charge in [-0.1, -0.05) is 17.8 Å². The van der Waals surface area contributed by atoms with Crippen LogP contribution in [0, 0.1) is 25.2 Å². The first-order chi connectivity index (χ1) is 14.5. The number of ether oxygens (including phenoxy) is 1. The highest BCUT2D eigenvalue weighted by Crippen LogP contribution is 2.23. The Hall–Kier alpha value is -3.38. The number of nitriles is 1. The SMILES string of the molecule is COc1ccc(-n2nnnc2SCC(=O)N(CCC#N)c2cc(C)cc(C)c2)cc1. The van der Waals surface area contributed by atoms with E-state index in [9.17, 15) is 4.79 Å². The quantitative estimate of drug-likeness (QED) is 0.514. The van der Waals surface area contributed by atoms with Gasteiger partial charge in [0.05, 0.1) is 31.0 Å². The van der Waals surface area contributed by atoms with Gasteiger partial charge in [0, 0.05) is 12.2 Å². The number of tetrazole rings is 1. The summed E-state index contributed by atoms with van der Waals surface area (Å²) in [6.45, 7) is 4.31. The molecule has 3 aromatic rings. The van der Waals surface area contributed by atoms with Crippen molar-refractivity contribution in [2.45, 2.75) is 25.4 Å². The average Bonchev–Trinajstić information content (AvgIpc) is 3.20. The summed E-state index contributed by atoms with van der Waals surface area (Å²) in [5.74, 6) is 0.775. The van der Waals surface area contributed by atoms with Crippen molar-refractivity contribution in [2.75, 3.05) is 24.3 Å². The topological polar surface area (TPSA) is 96.9 Å². The summed E-state index contributed by atoms with van der Waals surface area (Å²) >= 11 is 1.25. The van der Waals surface area contributed by atoms with Crippen LogP contribution in [0.5, 0.6) is 5.75 Å². The Labute approximate surface area is 179 Å². The molecule has 0 spiro atoms. The molecule has 0 saturated heterocycles. The summed E-state index contributed by atoms with van der Waals surface area (Å²) in [4.78, 5) is 14.7. The molecular weight excluding hydrogens is 400 g/mol. The molecule has 0 aliphatic rings. The van der Waals surface area contributed by atoms with Crippen molar-refractivity contribution in [2.24, 2.45) is 0 Å². The maximum Gasteiger partial charge on any atom is 0.237 e. The number of aryl methyl sites for hydroxylation is 2. The van der Waals surface area contributed by atoms with Crippen molar-refractivity contribution < 1.29 is 9.53 Å². The summed E-state index contributed by atoms with van der Waals surface area (Å²) in [6, 6.07) is 15.4. The van der Waals surface area contributed by atoms with E-state index in [1.807, 2.05) is 56.3 Å². The van der Waals surface area contributed by atoms with E-state index in [0.29, 0.717) is 11.7 Å². The predicted octanol–water partition coefficient (Wildman–Crippen LogP) is 3.33. The van der Waals surface area contributed by atoms with Gasteiger partial charge in [0.15, 0.2) is 0 Å². The molecule has 154 valence electrons. The molecule has 0 unspecified atom stereocenters. The van der Waals surface area contributed by atoms with Crippen LogP contribution in [0.4, 0.5) is 5.69 Å². The number of amides is 1. The van der Waals surface area contributed by atoms with Gasteiger partial charge in [0.2, 0.25) is 11.1 Å². The first-order valence-corrected chi connectivity index (χ1v) is 10.3. The van der Waals surface area contributed by atoms with Gasteiger partial charge >= 0.3 is 0 Å². The van der Waals surface area contributed by atoms with Gasteiger partial charge in [-0.2, -0.15) is 9.94 Å². The maximum atomic E-state index is 13.0. The lowest BCUT2D eigenvalue weighted by Crippen LogP contribution is -2.33. The van der Waals surface area contributed by atoms with E-state index in [1.165, 1.54) is 11.8 Å². The molecule has 0 bridgehead atoms. The molecule has 0 radical (unpaired) electrons. The minimum Gasteiger partial charge on any atom is -0.497 e. The molecule has 1 amide bonds. The Bertz CT molecular complexity index is 1040. The van der Waals surface area contributed by atoms with Crippen molar-refractivity contribution in [1.29, 1.82) is 5.26 Å². The van der Waals surface area contributed by atoms with E-state index in [4.69, 9.17) is 10.00 Å². The number of carbonyl (C=O) groups is 1. The maximum absolute atomic E-state index is 13.0. The summed E-state index contributed by atoms with van der Waals surface area (Å²) in [7, 11) is 1.60. The molecule has 3 rings (SSSR count). The number of nitrogens with zero attached hydrogens (tertiary/aromatic N) is 6. The number of benzene rings is 2. The number of carbonyl (C=O) groups excluding carboxylic acids is 1. The monoisotopic (exact) mass is 422 g/mol. The van der Waals surface area contributed by atoms with Crippen LogP contribution in [0.3, 0.4) is 0 Å². The van der Waals surface area contributed by atoms with E-state index in [1.54, 1.807) is 16.7 Å². The second-order valence-corrected chi connectivity index (χ2v) is 7.60. The third-order valence-electron chi connectivity index (χ3n) is 4.35. The molecule has 0 atom stereocenters. The van der Waals surface area contributed by atoms with E-state index in [2.05, 4.69) is 21.6 Å². The van der Waals surface area contributed by atoms with Crippen LogP contribution in [-0.4, -0.2) is 45.5 Å². The standard InChI is InChI=1S/C21H22N6O2S/c1-15-11-16(2)13-18(12-15)26(10-4-9-22)20(28)14-30-21-23-24-25-27(21)17-5-7-19(29-3)8-6-17/h5-8,11-13H,4,10,14H2,1-3H3. The highest BCUT2D eigenvalue weighted by molar-refractivity contribution is 7.99. The molecule has 9 heteroatoms. The van der Waals surface area contributed by atoms with Gasteiger partial charge in [-0.15, -0.1) is 5.10 Å². The molecule has 0 aliphatic carbocycles. The van der Waals surface area contributed by atoms with Crippen molar-refractivity contribution in [1.82, 2.24) is 20.2 Å². The number of thioether (sulfide) groups is 1. The van der Waals surface area contributed by atoms with Crippen molar-refractivity contribution in [3.8, 4) is 17.5 Å². The smallest absolute Gasteiger partial charge is 0.237 e. The lowest BCUT2D eigenvalue weighted by molar-refractivity contribution is -0.116. The normalized spacial score (nSPS) is 10.5. The van der Waals surface area contributed by atoms with Gasteiger partial charge in [-0.25, -0.2) is 0 Å². The highest BCUT2D eigenvalue weighted by Gasteiger charge is 2.19. The number of hydrogen-bond acceptors (Lipinski definition) is 7. The largest absolute Gasteiger partial charge is 0.497 e. The molecule has 30 heavy (non-hydrogen) atoms. The third-order valence-corrected chi connectivity index (χ3v) is 5.25. The minimum absolute atomic E-state index is 0.107.